The number of para-hydroxylation sites is 1. The Morgan fingerprint density at radius 1 is 0.958 bits per heavy atom. The first-order chi connectivity index (χ1) is 11.6. The summed E-state index contributed by atoms with van der Waals surface area (Å²) in [5.74, 6) is 0.941. The van der Waals surface area contributed by atoms with Crippen molar-refractivity contribution in [2.24, 2.45) is 11.8 Å². The van der Waals surface area contributed by atoms with Gasteiger partial charge in [0.15, 0.2) is 0 Å². The van der Waals surface area contributed by atoms with Gasteiger partial charge in [-0.1, -0.05) is 18.2 Å². The average Bonchev–Trinajstić information content (AvgIpc) is 3.45. The zero-order valence-corrected chi connectivity index (χ0v) is 14.5. The maximum absolute atomic E-state index is 13.1. The predicted molar refractivity (Wildman–Crippen MR) is 93.9 cm³/mol. The van der Waals surface area contributed by atoms with Crippen LogP contribution in [-0.2, 0) is 16.0 Å². The first-order valence-electron chi connectivity index (χ1n) is 9.34. The molecule has 4 rings (SSSR count). The van der Waals surface area contributed by atoms with Crippen LogP contribution in [0.3, 0.4) is 0 Å². The Kier molecular flexibility index (Phi) is 4.07. The third-order valence-corrected chi connectivity index (χ3v) is 5.77. The minimum Gasteiger partial charge on any atom is -0.342 e. The normalized spacial score (nSPS) is 21.5. The second-order valence-corrected chi connectivity index (χ2v) is 7.55. The molecule has 128 valence electrons. The van der Waals surface area contributed by atoms with Crippen molar-refractivity contribution >= 4 is 17.5 Å². The van der Waals surface area contributed by atoms with Crippen molar-refractivity contribution in [3.05, 3.63) is 29.3 Å². The zero-order chi connectivity index (χ0) is 16.7. The second-order valence-electron chi connectivity index (χ2n) is 7.55. The van der Waals surface area contributed by atoms with Crippen LogP contribution in [-0.4, -0.2) is 36.3 Å². The lowest BCUT2D eigenvalue weighted by Crippen LogP contribution is -2.46. The lowest BCUT2D eigenvalue weighted by Gasteiger charge is -2.37. The monoisotopic (exact) mass is 326 g/mol. The Hall–Kier alpha value is -1.84. The van der Waals surface area contributed by atoms with Crippen LogP contribution >= 0.6 is 0 Å². The van der Waals surface area contributed by atoms with Gasteiger partial charge in [-0.15, -0.1) is 0 Å². The van der Waals surface area contributed by atoms with E-state index in [4.69, 9.17) is 0 Å². The summed E-state index contributed by atoms with van der Waals surface area (Å²) in [7, 11) is 0. The number of fused-ring (bicyclic) bond motifs is 1. The summed E-state index contributed by atoms with van der Waals surface area (Å²) in [6.07, 6.45) is 5.85. The summed E-state index contributed by atoms with van der Waals surface area (Å²) in [6, 6.07) is 6.34. The molecular weight excluding hydrogens is 300 g/mol. The highest BCUT2D eigenvalue weighted by molar-refractivity contribution is 5.97. The van der Waals surface area contributed by atoms with Crippen molar-refractivity contribution in [1.29, 1.82) is 0 Å². The van der Waals surface area contributed by atoms with E-state index >= 15 is 0 Å². The molecule has 24 heavy (non-hydrogen) atoms. The fourth-order valence-corrected chi connectivity index (χ4v) is 4.22. The third-order valence-electron chi connectivity index (χ3n) is 5.77. The van der Waals surface area contributed by atoms with Gasteiger partial charge in [-0.25, -0.2) is 0 Å². The number of likely N-dealkylation sites (tertiary alicyclic amines) is 1. The fraction of sp³-hybridized carbons (Fsp3) is 0.600. The Morgan fingerprint density at radius 3 is 2.38 bits per heavy atom. The van der Waals surface area contributed by atoms with Crippen molar-refractivity contribution < 1.29 is 9.59 Å². The van der Waals surface area contributed by atoms with E-state index in [9.17, 15) is 9.59 Å². The molecule has 3 aliphatic rings. The Morgan fingerprint density at radius 2 is 1.67 bits per heavy atom. The number of nitrogens with zero attached hydrogens (tertiary/aromatic N) is 2. The van der Waals surface area contributed by atoms with Gasteiger partial charge in [0.1, 0.15) is 0 Å². The number of anilines is 1. The van der Waals surface area contributed by atoms with E-state index in [0.717, 1.165) is 63.8 Å². The molecule has 1 aromatic carbocycles. The van der Waals surface area contributed by atoms with Gasteiger partial charge in [0, 0.05) is 37.2 Å². The van der Waals surface area contributed by atoms with Crippen molar-refractivity contribution in [2.45, 2.75) is 45.4 Å². The molecule has 4 heteroatoms. The molecule has 0 spiro atoms. The van der Waals surface area contributed by atoms with E-state index < -0.39 is 0 Å². The molecule has 0 N–H and O–H groups in total. The van der Waals surface area contributed by atoms with Gasteiger partial charge in [0.2, 0.25) is 11.8 Å². The molecule has 2 amide bonds. The lowest BCUT2D eigenvalue weighted by atomic mass is 9.92. The molecule has 4 nitrogen and oxygen atoms in total. The molecule has 1 aliphatic carbocycles. The van der Waals surface area contributed by atoms with Crippen LogP contribution in [0.4, 0.5) is 5.69 Å². The Balaban J connectivity index is 1.45. The van der Waals surface area contributed by atoms with Crippen molar-refractivity contribution in [2.75, 3.05) is 24.5 Å². The Labute approximate surface area is 143 Å². The average molecular weight is 326 g/mol. The van der Waals surface area contributed by atoms with Crippen LogP contribution in [0.2, 0.25) is 0 Å². The minimum absolute atomic E-state index is 0.0683. The summed E-state index contributed by atoms with van der Waals surface area (Å²) >= 11 is 0. The predicted octanol–water partition coefficient (Wildman–Crippen LogP) is 2.92. The van der Waals surface area contributed by atoms with E-state index in [-0.39, 0.29) is 17.7 Å². The van der Waals surface area contributed by atoms with E-state index in [1.807, 2.05) is 9.80 Å². The molecule has 2 fully saturated rings. The lowest BCUT2D eigenvalue weighted by molar-refractivity contribution is -0.136. The maximum atomic E-state index is 13.1. The highest BCUT2D eigenvalue weighted by atomic mass is 16.2. The molecule has 2 aliphatic heterocycles. The number of aryl methyl sites for hydroxylation is 2. The first kappa shape index (κ1) is 15.7. The smallest absolute Gasteiger partial charge is 0.230 e. The van der Waals surface area contributed by atoms with E-state index in [1.165, 1.54) is 11.1 Å². The van der Waals surface area contributed by atoms with E-state index in [2.05, 4.69) is 25.1 Å². The molecular formula is C20H26N2O2. The van der Waals surface area contributed by atoms with Gasteiger partial charge in [0.05, 0.1) is 0 Å². The molecule has 0 atom stereocenters. The van der Waals surface area contributed by atoms with Gasteiger partial charge in [-0.05, 0) is 56.6 Å². The molecule has 1 saturated carbocycles. The highest BCUT2D eigenvalue weighted by Gasteiger charge is 2.37. The van der Waals surface area contributed by atoms with Crippen LogP contribution in [0.25, 0.3) is 0 Å². The number of carbonyl (C=O) groups excluding carboxylic acids is 2. The molecule has 0 aromatic heterocycles. The first-order valence-corrected chi connectivity index (χ1v) is 9.34. The molecule has 1 aromatic rings. The topological polar surface area (TPSA) is 40.6 Å². The van der Waals surface area contributed by atoms with Crippen molar-refractivity contribution in [3.8, 4) is 0 Å². The minimum atomic E-state index is 0.0683. The second kappa shape index (κ2) is 6.23. The fourth-order valence-electron chi connectivity index (χ4n) is 4.22. The molecule has 0 unspecified atom stereocenters. The number of hydrogen-bond acceptors (Lipinski definition) is 2. The largest absolute Gasteiger partial charge is 0.342 e. The summed E-state index contributed by atoms with van der Waals surface area (Å²) < 4.78 is 0. The van der Waals surface area contributed by atoms with Crippen LogP contribution in [0, 0.1) is 18.8 Å². The van der Waals surface area contributed by atoms with Gasteiger partial charge >= 0.3 is 0 Å². The summed E-state index contributed by atoms with van der Waals surface area (Å²) in [4.78, 5) is 29.3. The van der Waals surface area contributed by atoms with Crippen LogP contribution < -0.4 is 4.90 Å². The molecule has 0 bridgehead atoms. The molecule has 1 saturated heterocycles. The van der Waals surface area contributed by atoms with Crippen LogP contribution in [0.15, 0.2) is 18.2 Å². The van der Waals surface area contributed by atoms with Gasteiger partial charge < -0.3 is 9.80 Å². The zero-order valence-electron chi connectivity index (χ0n) is 14.5. The van der Waals surface area contributed by atoms with E-state index in [1.54, 1.807) is 0 Å². The maximum Gasteiger partial charge on any atom is 0.230 e. The van der Waals surface area contributed by atoms with Crippen LogP contribution in [0.1, 0.15) is 43.2 Å². The number of carbonyl (C=O) groups is 2. The Bertz CT molecular complexity index is 658. The summed E-state index contributed by atoms with van der Waals surface area (Å²) in [5, 5.41) is 0. The van der Waals surface area contributed by atoms with Crippen LogP contribution in [0.5, 0.6) is 0 Å². The van der Waals surface area contributed by atoms with Gasteiger partial charge in [-0.2, -0.15) is 0 Å². The summed E-state index contributed by atoms with van der Waals surface area (Å²) in [6.45, 7) is 4.43. The number of rotatable bonds is 2. The number of benzene rings is 1. The third kappa shape index (κ3) is 2.83. The number of hydrogen-bond donors (Lipinski definition) is 0. The van der Waals surface area contributed by atoms with E-state index in [0.29, 0.717) is 5.91 Å². The highest BCUT2D eigenvalue weighted by Crippen LogP contribution is 2.35. The van der Waals surface area contributed by atoms with Gasteiger partial charge in [-0.3, -0.25) is 9.59 Å². The quantitative estimate of drug-likeness (QED) is 0.838. The van der Waals surface area contributed by atoms with Gasteiger partial charge in [0.25, 0.3) is 0 Å². The molecule has 2 heterocycles. The number of piperidine rings is 1. The standard InChI is InChI=1S/C20H26N2O2/c1-14-4-2-5-15-6-3-11-22(18(14)15)20(24)17-9-12-21(13-10-17)19(23)16-7-8-16/h2,4-5,16-17H,3,6-13H2,1H3. The summed E-state index contributed by atoms with van der Waals surface area (Å²) in [5.41, 5.74) is 3.64. The van der Waals surface area contributed by atoms with Crippen molar-refractivity contribution in [1.82, 2.24) is 4.90 Å². The number of amides is 2. The SMILES string of the molecule is Cc1cccc2c1N(C(=O)C1CCN(C(=O)C3CC3)CC1)CCC2. The van der Waals surface area contributed by atoms with Crippen molar-refractivity contribution in [3.63, 3.8) is 0 Å². The molecule has 0 radical (unpaired) electrons.